The number of unbranched alkanes of at least 4 members (excludes halogenated alkanes) is 17. The lowest BCUT2D eigenvalue weighted by molar-refractivity contribution is -0.359. The number of amides is 1. The van der Waals surface area contributed by atoms with Crippen molar-refractivity contribution < 1.29 is 64.6 Å². The van der Waals surface area contributed by atoms with E-state index in [2.05, 4.69) is 116 Å². The van der Waals surface area contributed by atoms with E-state index in [-0.39, 0.29) is 18.9 Å². The van der Waals surface area contributed by atoms with E-state index < -0.39 is 86.8 Å². The molecule has 78 heavy (non-hydrogen) atoms. The van der Waals surface area contributed by atoms with E-state index >= 15 is 0 Å². The molecule has 0 aromatic carbocycles. The van der Waals surface area contributed by atoms with Gasteiger partial charge in [-0.05, 0) is 83.5 Å². The van der Waals surface area contributed by atoms with Crippen LogP contribution in [0.2, 0.25) is 0 Å². The molecule has 2 saturated heterocycles. The second-order valence-corrected chi connectivity index (χ2v) is 20.7. The molecule has 2 heterocycles. The third-order valence-electron chi connectivity index (χ3n) is 14.0. The number of hydrogen-bond acceptors (Lipinski definition) is 13. The fourth-order valence-electron chi connectivity index (χ4n) is 9.13. The predicted molar refractivity (Wildman–Crippen MR) is 313 cm³/mol. The molecule has 0 saturated carbocycles. The Bertz CT molecular complexity index is 1720. The maximum absolute atomic E-state index is 13.2. The lowest BCUT2D eigenvalue weighted by Gasteiger charge is -2.46. The number of aliphatic hydroxyl groups excluding tert-OH is 8. The van der Waals surface area contributed by atoms with Gasteiger partial charge in [-0.3, -0.25) is 4.79 Å². The van der Waals surface area contributed by atoms with E-state index in [4.69, 9.17) is 18.9 Å². The Kier molecular flexibility index (Phi) is 43.9. The van der Waals surface area contributed by atoms with Crippen LogP contribution in [0.3, 0.4) is 0 Å². The van der Waals surface area contributed by atoms with Crippen molar-refractivity contribution in [3.63, 3.8) is 0 Å². The Morgan fingerprint density at radius 3 is 1.36 bits per heavy atom. The summed E-state index contributed by atoms with van der Waals surface area (Å²) in [6, 6.07) is -0.930. The van der Waals surface area contributed by atoms with Crippen LogP contribution in [0, 0.1) is 0 Å². The van der Waals surface area contributed by atoms with Crippen LogP contribution in [0.4, 0.5) is 0 Å². The summed E-state index contributed by atoms with van der Waals surface area (Å²) in [4.78, 5) is 13.2. The smallest absolute Gasteiger partial charge is 0.220 e. The molecule has 0 radical (unpaired) electrons. The third kappa shape index (κ3) is 33.4. The molecule has 0 bridgehead atoms. The van der Waals surface area contributed by atoms with E-state index in [1.54, 1.807) is 6.08 Å². The molecule has 0 aliphatic carbocycles. The van der Waals surface area contributed by atoms with E-state index in [1.165, 1.54) is 57.8 Å². The van der Waals surface area contributed by atoms with Gasteiger partial charge in [-0.2, -0.15) is 0 Å². The Labute approximate surface area is 470 Å². The van der Waals surface area contributed by atoms with E-state index in [1.807, 2.05) is 6.08 Å². The molecule has 2 aliphatic heterocycles. The van der Waals surface area contributed by atoms with E-state index in [9.17, 15) is 45.6 Å². The summed E-state index contributed by atoms with van der Waals surface area (Å²) in [5.74, 6) is -0.260. The van der Waals surface area contributed by atoms with Crippen LogP contribution in [0.15, 0.2) is 109 Å². The van der Waals surface area contributed by atoms with E-state index in [0.29, 0.717) is 6.42 Å². The predicted octanol–water partition coefficient (Wildman–Crippen LogP) is 10.4. The highest BCUT2D eigenvalue weighted by molar-refractivity contribution is 5.76. The average Bonchev–Trinajstić information content (AvgIpc) is 3.47. The molecule has 14 nitrogen and oxygen atoms in total. The van der Waals surface area contributed by atoms with E-state index in [0.717, 1.165) is 109 Å². The summed E-state index contributed by atoms with van der Waals surface area (Å²) in [5.41, 5.74) is 0. The van der Waals surface area contributed by atoms with Gasteiger partial charge in [-0.25, -0.2) is 0 Å². The molecule has 12 atom stereocenters. The first-order valence-corrected chi connectivity index (χ1v) is 30.1. The van der Waals surface area contributed by atoms with Crippen molar-refractivity contribution in [2.45, 2.75) is 267 Å². The Balaban J connectivity index is 1.72. The number of nitrogens with one attached hydrogen (secondary N) is 1. The van der Waals surface area contributed by atoms with Gasteiger partial charge in [0.05, 0.1) is 32.0 Å². The first kappa shape index (κ1) is 70.8. The van der Waals surface area contributed by atoms with Gasteiger partial charge in [-0.15, -0.1) is 0 Å². The van der Waals surface area contributed by atoms with Crippen molar-refractivity contribution in [1.82, 2.24) is 5.32 Å². The minimum atomic E-state index is -1.79. The van der Waals surface area contributed by atoms with Crippen LogP contribution >= 0.6 is 0 Å². The third-order valence-corrected chi connectivity index (χ3v) is 14.0. The second kappa shape index (κ2) is 48.4. The molecule has 446 valence electrons. The zero-order valence-electron chi connectivity index (χ0n) is 47.9. The number of rotatable bonds is 46. The minimum Gasteiger partial charge on any atom is -0.394 e. The Morgan fingerprint density at radius 1 is 0.474 bits per heavy atom. The second-order valence-electron chi connectivity index (χ2n) is 20.7. The molecule has 0 aromatic heterocycles. The zero-order chi connectivity index (χ0) is 56.7. The van der Waals surface area contributed by atoms with Gasteiger partial charge in [0.15, 0.2) is 12.6 Å². The van der Waals surface area contributed by atoms with Crippen LogP contribution in [0.1, 0.15) is 194 Å². The highest BCUT2D eigenvalue weighted by Crippen LogP contribution is 2.30. The molecule has 2 aliphatic rings. The topological polar surface area (TPSA) is 228 Å². The summed E-state index contributed by atoms with van der Waals surface area (Å²) in [7, 11) is 0. The first-order chi connectivity index (χ1) is 38.1. The fraction of sp³-hybridized carbons (Fsp3) is 0.703. The van der Waals surface area contributed by atoms with Gasteiger partial charge in [0.1, 0.15) is 48.8 Å². The molecule has 2 rings (SSSR count). The monoisotopic (exact) mass is 1100 g/mol. The molecule has 9 N–H and O–H groups in total. The minimum absolute atomic E-state index is 0.257. The van der Waals surface area contributed by atoms with Gasteiger partial charge in [0.25, 0.3) is 0 Å². The average molecular weight is 1100 g/mol. The molecular formula is C64H107NO13. The van der Waals surface area contributed by atoms with Gasteiger partial charge >= 0.3 is 0 Å². The Hall–Kier alpha value is -3.35. The van der Waals surface area contributed by atoms with Crippen LogP contribution in [0.25, 0.3) is 0 Å². The maximum atomic E-state index is 13.2. The summed E-state index contributed by atoms with van der Waals surface area (Å²) < 4.78 is 22.7. The summed E-state index contributed by atoms with van der Waals surface area (Å²) >= 11 is 0. The molecule has 0 spiro atoms. The molecule has 2 fully saturated rings. The largest absolute Gasteiger partial charge is 0.394 e. The van der Waals surface area contributed by atoms with Crippen molar-refractivity contribution in [3.8, 4) is 0 Å². The molecule has 14 heteroatoms. The van der Waals surface area contributed by atoms with Crippen LogP contribution in [-0.4, -0.2) is 140 Å². The van der Waals surface area contributed by atoms with Crippen LogP contribution < -0.4 is 5.32 Å². The quantitative estimate of drug-likeness (QED) is 0.0204. The molecular weight excluding hydrogens is 991 g/mol. The summed E-state index contributed by atoms with van der Waals surface area (Å²) in [5, 5.41) is 87.0. The lowest BCUT2D eigenvalue weighted by Crippen LogP contribution is -2.65. The fourth-order valence-corrected chi connectivity index (χ4v) is 9.13. The maximum Gasteiger partial charge on any atom is 0.220 e. The van der Waals surface area contributed by atoms with Gasteiger partial charge in [-0.1, -0.05) is 213 Å². The molecule has 1 amide bonds. The van der Waals surface area contributed by atoms with Crippen molar-refractivity contribution in [3.05, 3.63) is 109 Å². The van der Waals surface area contributed by atoms with Gasteiger partial charge < -0.3 is 65.1 Å². The number of ether oxygens (including phenoxy) is 4. The normalized spacial score (nSPS) is 25.4. The Morgan fingerprint density at radius 2 is 0.885 bits per heavy atom. The number of carbonyl (C=O) groups is 1. The van der Waals surface area contributed by atoms with Crippen LogP contribution in [0.5, 0.6) is 0 Å². The SMILES string of the molecule is CC/C=C\C/C=C\C/C=C\C/C=C\C/C=C\C/C=C\C/C=C\C/C=C\CCCCCCCCC(=O)NC(COC1OC(CO)C(OC2OC(CO)C(O)C(O)C2O)C(O)C1O)C(O)/C=C/CCCCCCCCCCCCC. The number of aliphatic hydroxyl groups is 8. The number of carbonyl (C=O) groups excluding carboxylic acids is 1. The highest BCUT2D eigenvalue weighted by atomic mass is 16.7. The molecule has 12 unspecified atom stereocenters. The highest BCUT2D eigenvalue weighted by Gasteiger charge is 2.51. The summed E-state index contributed by atoms with van der Waals surface area (Å²) in [6.07, 6.45) is 51.2. The standard InChI is InChI=1S/C64H107NO13/c1-3-5-7-9-11-13-15-17-18-19-20-21-22-23-24-25-26-27-28-29-30-31-32-33-34-36-38-40-42-44-46-48-56(69)65-52(53(68)47-45-43-41-39-37-35-16-14-12-10-8-6-4-2)51-75-63-61(74)59(72)62(55(50-67)77-63)78-64-60(73)58(71)57(70)54(49-66)76-64/h5,7,11,13,17-18,20-21,23-24,26-27,29-30,32-33,45,47,52-55,57-64,66-68,70-74H,3-4,6,8-10,12,14-16,19,22,25,28,31,34-44,46,48-51H2,1-2H3,(H,65,69)/b7-5-,13-11-,18-17-,21-20-,24-23-,27-26-,30-29-,33-32-,47-45+. The molecule has 0 aromatic rings. The van der Waals surface area contributed by atoms with Gasteiger partial charge in [0, 0.05) is 6.42 Å². The van der Waals surface area contributed by atoms with Crippen molar-refractivity contribution in [2.75, 3.05) is 19.8 Å². The lowest BCUT2D eigenvalue weighted by atomic mass is 9.97. The van der Waals surface area contributed by atoms with Crippen molar-refractivity contribution >= 4 is 5.91 Å². The first-order valence-electron chi connectivity index (χ1n) is 30.1. The van der Waals surface area contributed by atoms with Crippen LogP contribution in [-0.2, 0) is 23.7 Å². The number of allylic oxidation sites excluding steroid dienone is 17. The number of hydrogen-bond donors (Lipinski definition) is 9. The van der Waals surface area contributed by atoms with Crippen molar-refractivity contribution in [1.29, 1.82) is 0 Å². The van der Waals surface area contributed by atoms with Gasteiger partial charge in [0.2, 0.25) is 5.91 Å². The zero-order valence-corrected chi connectivity index (χ0v) is 47.9. The van der Waals surface area contributed by atoms with Crippen molar-refractivity contribution in [2.24, 2.45) is 0 Å². The summed E-state index contributed by atoms with van der Waals surface area (Å²) in [6.45, 7) is 2.64.